The van der Waals surface area contributed by atoms with E-state index in [-0.39, 0.29) is 0 Å². The Morgan fingerprint density at radius 1 is 1.33 bits per heavy atom. The number of aryl methyl sites for hydroxylation is 1. The van der Waals surface area contributed by atoms with Crippen LogP contribution in [-0.2, 0) is 6.42 Å². The standard InChI is InChI=1S/C13H20N2/c1-3-12-4-6-13(7-5-12)15-9-8-14-10-11(15)2/h4-7,11,14H,3,8-10H2,1-2H3. The van der Waals surface area contributed by atoms with Crippen LogP contribution in [-0.4, -0.2) is 25.7 Å². The van der Waals surface area contributed by atoms with Gasteiger partial charge in [-0.05, 0) is 31.0 Å². The summed E-state index contributed by atoms with van der Waals surface area (Å²) in [7, 11) is 0. The van der Waals surface area contributed by atoms with E-state index in [2.05, 4.69) is 48.3 Å². The van der Waals surface area contributed by atoms with Crippen molar-refractivity contribution in [1.82, 2.24) is 5.32 Å². The zero-order valence-electron chi connectivity index (χ0n) is 9.66. The minimum Gasteiger partial charge on any atom is -0.366 e. The maximum Gasteiger partial charge on any atom is 0.0386 e. The molecule has 0 aliphatic carbocycles. The Kier molecular flexibility index (Phi) is 3.27. The van der Waals surface area contributed by atoms with Crippen LogP contribution in [0.5, 0.6) is 0 Å². The van der Waals surface area contributed by atoms with Crippen molar-refractivity contribution in [2.45, 2.75) is 26.3 Å². The average molecular weight is 204 g/mol. The highest BCUT2D eigenvalue weighted by atomic mass is 15.2. The fraction of sp³-hybridized carbons (Fsp3) is 0.538. The Labute approximate surface area is 92.3 Å². The number of hydrogen-bond donors (Lipinski definition) is 1. The van der Waals surface area contributed by atoms with E-state index in [9.17, 15) is 0 Å². The van der Waals surface area contributed by atoms with Gasteiger partial charge < -0.3 is 10.2 Å². The first-order valence-electron chi connectivity index (χ1n) is 5.87. The summed E-state index contributed by atoms with van der Waals surface area (Å²) in [5.41, 5.74) is 2.78. The summed E-state index contributed by atoms with van der Waals surface area (Å²) >= 11 is 0. The maximum absolute atomic E-state index is 3.42. The molecule has 0 spiro atoms. The zero-order valence-corrected chi connectivity index (χ0v) is 9.66. The molecule has 2 rings (SSSR count). The van der Waals surface area contributed by atoms with E-state index in [1.165, 1.54) is 11.3 Å². The number of hydrogen-bond acceptors (Lipinski definition) is 2. The van der Waals surface area contributed by atoms with E-state index in [4.69, 9.17) is 0 Å². The van der Waals surface area contributed by atoms with Crippen LogP contribution < -0.4 is 10.2 Å². The van der Waals surface area contributed by atoms with Gasteiger partial charge in [0.2, 0.25) is 0 Å². The van der Waals surface area contributed by atoms with Crippen LogP contribution in [0, 0.1) is 0 Å². The predicted molar refractivity (Wildman–Crippen MR) is 65.5 cm³/mol. The number of rotatable bonds is 2. The molecule has 0 bridgehead atoms. The zero-order chi connectivity index (χ0) is 10.7. The van der Waals surface area contributed by atoms with Crippen LogP contribution in [0.3, 0.4) is 0 Å². The third kappa shape index (κ3) is 2.32. The molecule has 1 aliphatic heterocycles. The molecule has 1 N–H and O–H groups in total. The Morgan fingerprint density at radius 3 is 2.67 bits per heavy atom. The molecule has 2 nitrogen and oxygen atoms in total. The van der Waals surface area contributed by atoms with Crippen molar-refractivity contribution in [2.24, 2.45) is 0 Å². The third-order valence-corrected chi connectivity index (χ3v) is 3.18. The molecule has 1 aromatic carbocycles. The molecule has 0 saturated carbocycles. The summed E-state index contributed by atoms with van der Waals surface area (Å²) < 4.78 is 0. The molecule has 2 heteroatoms. The van der Waals surface area contributed by atoms with Gasteiger partial charge in [-0.3, -0.25) is 0 Å². The molecule has 1 aromatic rings. The molecule has 1 unspecified atom stereocenters. The monoisotopic (exact) mass is 204 g/mol. The number of nitrogens with zero attached hydrogens (tertiary/aromatic N) is 1. The molecule has 0 aromatic heterocycles. The Hall–Kier alpha value is -1.02. The van der Waals surface area contributed by atoms with Gasteiger partial charge in [0.15, 0.2) is 0 Å². The second-order valence-electron chi connectivity index (χ2n) is 4.27. The van der Waals surface area contributed by atoms with E-state index in [0.717, 1.165) is 26.1 Å². The molecular weight excluding hydrogens is 184 g/mol. The maximum atomic E-state index is 3.42. The van der Waals surface area contributed by atoms with Crippen LogP contribution in [0.1, 0.15) is 19.4 Å². The smallest absolute Gasteiger partial charge is 0.0386 e. The average Bonchev–Trinajstić information content (AvgIpc) is 2.30. The van der Waals surface area contributed by atoms with Crippen LogP contribution in [0.15, 0.2) is 24.3 Å². The van der Waals surface area contributed by atoms with Crippen LogP contribution in [0.2, 0.25) is 0 Å². The molecule has 1 saturated heterocycles. The van der Waals surface area contributed by atoms with Crippen molar-refractivity contribution in [3.63, 3.8) is 0 Å². The van der Waals surface area contributed by atoms with Crippen molar-refractivity contribution in [3.05, 3.63) is 29.8 Å². The highest BCUT2D eigenvalue weighted by Gasteiger charge is 2.17. The van der Waals surface area contributed by atoms with Crippen molar-refractivity contribution in [2.75, 3.05) is 24.5 Å². The number of anilines is 1. The minimum absolute atomic E-state index is 0.603. The molecular formula is C13H20N2. The summed E-state index contributed by atoms with van der Waals surface area (Å²) in [6.45, 7) is 7.78. The second-order valence-corrected chi connectivity index (χ2v) is 4.27. The molecule has 15 heavy (non-hydrogen) atoms. The van der Waals surface area contributed by atoms with Gasteiger partial charge in [0.25, 0.3) is 0 Å². The lowest BCUT2D eigenvalue weighted by Gasteiger charge is -2.36. The molecule has 1 heterocycles. The second kappa shape index (κ2) is 4.67. The highest BCUT2D eigenvalue weighted by Crippen LogP contribution is 2.19. The first-order chi connectivity index (χ1) is 7.31. The van der Waals surface area contributed by atoms with E-state index >= 15 is 0 Å². The number of nitrogens with one attached hydrogen (secondary N) is 1. The van der Waals surface area contributed by atoms with Gasteiger partial charge in [0, 0.05) is 31.4 Å². The van der Waals surface area contributed by atoms with E-state index in [1.54, 1.807) is 0 Å². The minimum atomic E-state index is 0.603. The SMILES string of the molecule is CCc1ccc(N2CCNCC2C)cc1. The van der Waals surface area contributed by atoms with E-state index in [0.29, 0.717) is 6.04 Å². The number of benzene rings is 1. The first-order valence-corrected chi connectivity index (χ1v) is 5.87. The fourth-order valence-electron chi connectivity index (χ4n) is 2.15. The van der Waals surface area contributed by atoms with Gasteiger partial charge in [0.1, 0.15) is 0 Å². The summed E-state index contributed by atoms with van der Waals surface area (Å²) in [6, 6.07) is 9.58. The Morgan fingerprint density at radius 2 is 2.07 bits per heavy atom. The van der Waals surface area contributed by atoms with E-state index < -0.39 is 0 Å². The molecule has 1 atom stereocenters. The van der Waals surface area contributed by atoms with Gasteiger partial charge in [0.05, 0.1) is 0 Å². The summed E-state index contributed by atoms with van der Waals surface area (Å²) in [6.07, 6.45) is 1.12. The lowest BCUT2D eigenvalue weighted by atomic mass is 10.1. The van der Waals surface area contributed by atoms with Crippen LogP contribution >= 0.6 is 0 Å². The molecule has 0 amide bonds. The quantitative estimate of drug-likeness (QED) is 0.793. The van der Waals surface area contributed by atoms with Crippen LogP contribution in [0.4, 0.5) is 5.69 Å². The van der Waals surface area contributed by atoms with Gasteiger partial charge in [-0.25, -0.2) is 0 Å². The van der Waals surface area contributed by atoms with Crippen molar-refractivity contribution < 1.29 is 0 Å². The van der Waals surface area contributed by atoms with Gasteiger partial charge in [-0.15, -0.1) is 0 Å². The first kappa shape index (κ1) is 10.5. The van der Waals surface area contributed by atoms with Crippen LogP contribution in [0.25, 0.3) is 0 Å². The van der Waals surface area contributed by atoms with Gasteiger partial charge in [-0.2, -0.15) is 0 Å². The van der Waals surface area contributed by atoms with E-state index in [1.807, 2.05) is 0 Å². The lowest BCUT2D eigenvalue weighted by Crippen LogP contribution is -2.49. The van der Waals surface area contributed by atoms with Gasteiger partial charge >= 0.3 is 0 Å². The lowest BCUT2D eigenvalue weighted by molar-refractivity contribution is 0.501. The Bertz CT molecular complexity index is 305. The summed E-state index contributed by atoms with van der Waals surface area (Å²) in [5, 5.41) is 3.42. The summed E-state index contributed by atoms with van der Waals surface area (Å²) in [5.74, 6) is 0. The molecule has 82 valence electrons. The fourth-order valence-corrected chi connectivity index (χ4v) is 2.15. The number of piperazine rings is 1. The molecule has 1 aliphatic rings. The normalized spacial score (nSPS) is 21.7. The molecule has 1 fully saturated rings. The topological polar surface area (TPSA) is 15.3 Å². The largest absolute Gasteiger partial charge is 0.366 e. The van der Waals surface area contributed by atoms with Crippen molar-refractivity contribution >= 4 is 5.69 Å². The van der Waals surface area contributed by atoms with Gasteiger partial charge in [-0.1, -0.05) is 19.1 Å². The van der Waals surface area contributed by atoms with Crippen molar-refractivity contribution in [3.8, 4) is 0 Å². The third-order valence-electron chi connectivity index (χ3n) is 3.18. The predicted octanol–water partition coefficient (Wildman–Crippen LogP) is 2.05. The Balaban J connectivity index is 2.13. The van der Waals surface area contributed by atoms with Crippen molar-refractivity contribution in [1.29, 1.82) is 0 Å². The molecule has 0 radical (unpaired) electrons. The highest BCUT2D eigenvalue weighted by molar-refractivity contribution is 5.49. The summed E-state index contributed by atoms with van der Waals surface area (Å²) in [4.78, 5) is 2.48.